The highest BCUT2D eigenvalue weighted by Gasteiger charge is 2.28. The number of fused-ring (bicyclic) bond motifs is 1. The van der Waals surface area contributed by atoms with Gasteiger partial charge in [-0.2, -0.15) is 5.10 Å². The predicted molar refractivity (Wildman–Crippen MR) is 106 cm³/mol. The molecule has 0 unspecified atom stereocenters. The summed E-state index contributed by atoms with van der Waals surface area (Å²) in [4.78, 5) is 14.3. The molecule has 0 fully saturated rings. The van der Waals surface area contributed by atoms with Gasteiger partial charge in [0, 0.05) is 18.3 Å². The summed E-state index contributed by atoms with van der Waals surface area (Å²) >= 11 is 0. The molecule has 0 saturated carbocycles. The third kappa shape index (κ3) is 3.33. The van der Waals surface area contributed by atoms with Gasteiger partial charge in [0.15, 0.2) is 0 Å². The van der Waals surface area contributed by atoms with E-state index >= 15 is 0 Å². The van der Waals surface area contributed by atoms with E-state index < -0.39 is 5.91 Å². The van der Waals surface area contributed by atoms with Crippen molar-refractivity contribution in [3.63, 3.8) is 0 Å². The van der Waals surface area contributed by atoms with E-state index in [4.69, 9.17) is 0 Å². The zero-order chi connectivity index (χ0) is 18.9. The molecule has 0 aliphatic carbocycles. The summed E-state index contributed by atoms with van der Waals surface area (Å²) in [5.41, 5.74) is 7.05. The van der Waals surface area contributed by atoms with E-state index in [1.807, 2.05) is 6.07 Å². The molecule has 0 atom stereocenters. The van der Waals surface area contributed by atoms with Gasteiger partial charge in [0.05, 0.1) is 17.3 Å². The lowest BCUT2D eigenvalue weighted by Gasteiger charge is -2.40. The number of carbonyl (C=O) groups is 1. The zero-order valence-electron chi connectivity index (χ0n) is 15.4. The van der Waals surface area contributed by atoms with Crippen LogP contribution >= 0.6 is 0 Å². The molecule has 2 N–H and O–H groups in total. The van der Waals surface area contributed by atoms with Gasteiger partial charge in [0.25, 0.3) is 5.91 Å². The van der Waals surface area contributed by atoms with E-state index in [-0.39, 0.29) is 16.9 Å². The van der Waals surface area contributed by atoms with Crippen LogP contribution in [0.1, 0.15) is 42.3 Å². The molecule has 0 aromatic heterocycles. The van der Waals surface area contributed by atoms with Crippen molar-refractivity contribution >= 4 is 23.4 Å². The Morgan fingerprint density at radius 3 is 2.69 bits per heavy atom. The second kappa shape index (κ2) is 6.67. The number of phenols is 1. The molecule has 5 heteroatoms. The number of aromatic hydroxyl groups is 1. The maximum Gasteiger partial charge on any atom is 0.275 e. The molecule has 1 aliphatic heterocycles. The molecule has 1 aliphatic rings. The van der Waals surface area contributed by atoms with Gasteiger partial charge in [0.2, 0.25) is 0 Å². The van der Waals surface area contributed by atoms with E-state index in [0.29, 0.717) is 0 Å². The maximum atomic E-state index is 12.1. The number of phenolic OH excluding ortho intramolecular Hbond substituents is 1. The number of hydrogen-bond acceptors (Lipinski definition) is 4. The van der Waals surface area contributed by atoms with Crippen molar-refractivity contribution in [3.8, 4) is 5.75 Å². The average molecular weight is 349 g/mol. The van der Waals surface area contributed by atoms with E-state index in [1.54, 1.807) is 24.4 Å². The predicted octanol–water partition coefficient (Wildman–Crippen LogP) is 3.79. The molecular formula is C21H23N3O2. The van der Waals surface area contributed by atoms with Crippen LogP contribution in [0.3, 0.4) is 0 Å². The van der Waals surface area contributed by atoms with E-state index in [1.165, 1.54) is 17.3 Å². The van der Waals surface area contributed by atoms with Crippen LogP contribution in [0, 0.1) is 0 Å². The van der Waals surface area contributed by atoms with Crippen molar-refractivity contribution in [2.24, 2.45) is 5.10 Å². The lowest BCUT2D eigenvalue weighted by Crippen LogP contribution is -2.42. The second-order valence-corrected chi connectivity index (χ2v) is 7.03. The van der Waals surface area contributed by atoms with Crippen LogP contribution in [-0.4, -0.2) is 29.8 Å². The largest absolute Gasteiger partial charge is 0.507 e. The van der Waals surface area contributed by atoms with Gasteiger partial charge in [-0.15, -0.1) is 0 Å². The van der Waals surface area contributed by atoms with Crippen molar-refractivity contribution in [3.05, 3.63) is 65.2 Å². The Morgan fingerprint density at radius 1 is 1.23 bits per heavy atom. The fourth-order valence-corrected chi connectivity index (χ4v) is 3.15. The van der Waals surface area contributed by atoms with Crippen molar-refractivity contribution in [2.75, 3.05) is 11.9 Å². The van der Waals surface area contributed by atoms with Crippen LogP contribution in [0.15, 0.2) is 53.6 Å². The molecule has 3 rings (SSSR count). The van der Waals surface area contributed by atoms with Crippen LogP contribution in [0.5, 0.6) is 5.75 Å². The van der Waals surface area contributed by atoms with Gasteiger partial charge in [-0.1, -0.05) is 24.3 Å². The van der Waals surface area contributed by atoms with Gasteiger partial charge in [-0.25, -0.2) is 5.43 Å². The number of likely N-dealkylation sites (N-methyl/N-ethyl adjacent to an activating group) is 1. The summed E-state index contributed by atoms with van der Waals surface area (Å²) in [6, 6.07) is 12.5. The summed E-state index contributed by atoms with van der Waals surface area (Å²) in [5.74, 6) is -0.518. The number of anilines is 1. The minimum Gasteiger partial charge on any atom is -0.507 e. The summed E-state index contributed by atoms with van der Waals surface area (Å²) < 4.78 is 0. The Kier molecular flexibility index (Phi) is 4.55. The van der Waals surface area contributed by atoms with E-state index in [9.17, 15) is 9.90 Å². The smallest absolute Gasteiger partial charge is 0.275 e. The molecule has 0 saturated heterocycles. The zero-order valence-corrected chi connectivity index (χ0v) is 15.4. The number of para-hydroxylation sites is 1. The Hall–Kier alpha value is -3.08. The lowest BCUT2D eigenvalue weighted by atomic mass is 9.89. The molecule has 134 valence electrons. The van der Waals surface area contributed by atoms with Gasteiger partial charge in [-0.3, -0.25) is 4.79 Å². The topological polar surface area (TPSA) is 64.9 Å². The van der Waals surface area contributed by atoms with Crippen molar-refractivity contribution in [1.29, 1.82) is 0 Å². The Bertz CT molecular complexity index is 913. The highest BCUT2D eigenvalue weighted by Crippen LogP contribution is 2.37. The van der Waals surface area contributed by atoms with Gasteiger partial charge < -0.3 is 10.0 Å². The number of allylic oxidation sites excluding steroid dienone is 1. The molecule has 2 aromatic carbocycles. The molecule has 5 nitrogen and oxygen atoms in total. The summed E-state index contributed by atoms with van der Waals surface area (Å²) in [6.07, 6.45) is 3.85. The lowest BCUT2D eigenvalue weighted by molar-refractivity contribution is 0.0952. The number of hydrazone groups is 1. The molecule has 0 bridgehead atoms. The normalized spacial score (nSPS) is 15.5. The van der Waals surface area contributed by atoms with Gasteiger partial charge in [0.1, 0.15) is 5.75 Å². The van der Waals surface area contributed by atoms with Gasteiger partial charge in [-0.05, 0) is 56.2 Å². The minimum atomic E-state index is -0.449. The van der Waals surface area contributed by atoms with Gasteiger partial charge >= 0.3 is 0 Å². The van der Waals surface area contributed by atoms with Crippen LogP contribution in [0.2, 0.25) is 0 Å². The summed E-state index contributed by atoms with van der Waals surface area (Å²) in [6.45, 7) is 6.47. The van der Waals surface area contributed by atoms with E-state index in [2.05, 4.69) is 61.5 Å². The standard InChI is InChI=1S/C21H23N3O2/c1-14-12-21(2,3)24(4)18-10-9-15(11-17(14)18)13-22-23-20(26)16-7-5-6-8-19(16)25/h5-13,25H,1-4H3,(H,23,26)/b22-13-. The number of benzene rings is 2. The minimum absolute atomic E-state index is 0.0294. The number of carbonyl (C=O) groups excluding carboxylic acids is 1. The number of amides is 1. The highest BCUT2D eigenvalue weighted by atomic mass is 16.3. The van der Waals surface area contributed by atoms with Crippen LogP contribution in [0.4, 0.5) is 5.69 Å². The second-order valence-electron chi connectivity index (χ2n) is 7.03. The average Bonchev–Trinajstić information content (AvgIpc) is 2.60. The molecule has 1 amide bonds. The molecule has 0 spiro atoms. The molecule has 1 heterocycles. The van der Waals surface area contributed by atoms with Crippen LogP contribution in [-0.2, 0) is 0 Å². The third-order valence-corrected chi connectivity index (χ3v) is 4.77. The quantitative estimate of drug-likeness (QED) is 0.654. The Balaban J connectivity index is 1.78. The summed E-state index contributed by atoms with van der Waals surface area (Å²) in [5, 5.41) is 13.7. The highest BCUT2D eigenvalue weighted by molar-refractivity contribution is 5.97. The monoisotopic (exact) mass is 349 g/mol. The Morgan fingerprint density at radius 2 is 1.96 bits per heavy atom. The Labute approximate surface area is 153 Å². The number of hydrogen-bond donors (Lipinski definition) is 2. The van der Waals surface area contributed by atoms with Crippen molar-refractivity contribution in [1.82, 2.24) is 5.43 Å². The molecule has 26 heavy (non-hydrogen) atoms. The first kappa shape index (κ1) is 17.7. The fraction of sp³-hybridized carbons (Fsp3) is 0.238. The first-order valence-corrected chi connectivity index (χ1v) is 8.49. The number of nitrogens with zero attached hydrogens (tertiary/aromatic N) is 2. The van der Waals surface area contributed by atoms with Crippen LogP contribution < -0.4 is 10.3 Å². The number of nitrogens with one attached hydrogen (secondary N) is 1. The SMILES string of the molecule is CC1=CC(C)(C)N(C)c2ccc(/C=N\NC(=O)c3ccccc3O)cc21. The van der Waals surface area contributed by atoms with Crippen LogP contribution in [0.25, 0.3) is 5.57 Å². The maximum absolute atomic E-state index is 12.1. The first-order valence-electron chi connectivity index (χ1n) is 8.49. The fourth-order valence-electron chi connectivity index (χ4n) is 3.15. The molecule has 2 aromatic rings. The summed E-state index contributed by atoms with van der Waals surface area (Å²) in [7, 11) is 2.09. The molecule has 0 radical (unpaired) electrons. The first-order chi connectivity index (χ1) is 12.3. The third-order valence-electron chi connectivity index (χ3n) is 4.77. The number of rotatable bonds is 3. The van der Waals surface area contributed by atoms with Crippen molar-refractivity contribution < 1.29 is 9.90 Å². The van der Waals surface area contributed by atoms with Crippen molar-refractivity contribution in [2.45, 2.75) is 26.3 Å². The van der Waals surface area contributed by atoms with E-state index in [0.717, 1.165) is 11.1 Å². The molecular weight excluding hydrogens is 326 g/mol.